The minimum atomic E-state index is -1.18. The van der Waals surface area contributed by atoms with Crippen molar-refractivity contribution in [1.29, 1.82) is 0 Å². The molecule has 1 aromatic carbocycles. The second-order valence-corrected chi connectivity index (χ2v) is 4.38. The van der Waals surface area contributed by atoms with Gasteiger partial charge in [0.05, 0.1) is 6.54 Å². The molecule has 7 nitrogen and oxygen atoms in total. The highest BCUT2D eigenvalue weighted by atomic mass is 16.6. The number of piperazine rings is 1. The fourth-order valence-electron chi connectivity index (χ4n) is 1.83. The number of carboxylic acids is 1. The van der Waals surface area contributed by atoms with Gasteiger partial charge in [0, 0.05) is 0 Å². The number of nitrogens with one attached hydrogen (secondary N) is 1. The largest absolute Gasteiger partial charge is 0.480 e. The van der Waals surface area contributed by atoms with Crippen LogP contribution in [0.3, 0.4) is 0 Å². The second kappa shape index (κ2) is 6.05. The van der Waals surface area contributed by atoms with E-state index in [0.29, 0.717) is 0 Å². The van der Waals surface area contributed by atoms with Crippen molar-refractivity contribution in [1.82, 2.24) is 10.2 Å². The minimum Gasteiger partial charge on any atom is -0.480 e. The summed E-state index contributed by atoms with van der Waals surface area (Å²) < 4.78 is 5.06. The van der Waals surface area contributed by atoms with Crippen LogP contribution in [0.2, 0.25) is 0 Å². The van der Waals surface area contributed by atoms with Crippen LogP contribution in [0.1, 0.15) is 5.56 Å². The van der Waals surface area contributed by atoms with Gasteiger partial charge in [-0.2, -0.15) is 0 Å². The van der Waals surface area contributed by atoms with Gasteiger partial charge in [-0.3, -0.25) is 9.69 Å². The predicted octanol–water partition coefficient (Wildman–Crippen LogP) is 0.208. The highest BCUT2D eigenvalue weighted by molar-refractivity contribution is 5.89. The Labute approximate surface area is 115 Å². The monoisotopic (exact) mass is 278 g/mol. The number of carbonyl (C=O) groups excluding carboxylic acids is 2. The lowest BCUT2D eigenvalue weighted by atomic mass is 10.2. The van der Waals surface area contributed by atoms with E-state index in [1.807, 2.05) is 18.2 Å². The average Bonchev–Trinajstić information content (AvgIpc) is 2.45. The Morgan fingerprint density at radius 2 is 2.05 bits per heavy atom. The Morgan fingerprint density at radius 1 is 1.35 bits per heavy atom. The van der Waals surface area contributed by atoms with Crippen molar-refractivity contribution < 1.29 is 24.2 Å². The Bertz CT molecular complexity index is 517. The van der Waals surface area contributed by atoms with Gasteiger partial charge >= 0.3 is 12.1 Å². The maximum Gasteiger partial charge on any atom is 0.410 e. The quantitative estimate of drug-likeness (QED) is 0.824. The molecule has 1 aliphatic heterocycles. The van der Waals surface area contributed by atoms with Gasteiger partial charge in [0.15, 0.2) is 0 Å². The summed E-state index contributed by atoms with van der Waals surface area (Å²) in [6, 6.07) is 7.99. The van der Waals surface area contributed by atoms with E-state index in [-0.39, 0.29) is 19.7 Å². The van der Waals surface area contributed by atoms with E-state index < -0.39 is 24.0 Å². The number of hydrogen-bond donors (Lipinski definition) is 2. The fraction of sp³-hybridized carbons (Fsp3) is 0.308. The van der Waals surface area contributed by atoms with Gasteiger partial charge in [0.25, 0.3) is 0 Å². The van der Waals surface area contributed by atoms with E-state index in [4.69, 9.17) is 9.84 Å². The van der Waals surface area contributed by atoms with Crippen LogP contribution in [0.15, 0.2) is 30.3 Å². The summed E-state index contributed by atoms with van der Waals surface area (Å²) in [5, 5.41) is 11.2. The molecule has 7 heteroatoms. The fourth-order valence-corrected chi connectivity index (χ4v) is 1.83. The molecule has 106 valence electrons. The molecular weight excluding hydrogens is 264 g/mol. The Morgan fingerprint density at radius 3 is 2.70 bits per heavy atom. The maximum absolute atomic E-state index is 11.8. The SMILES string of the molecule is O=C1CN(C(=O)OCc2ccccc2)C[C@H](C(=O)O)N1. The summed E-state index contributed by atoms with van der Waals surface area (Å²) >= 11 is 0. The summed E-state index contributed by atoms with van der Waals surface area (Å²) in [5.41, 5.74) is 0.817. The smallest absolute Gasteiger partial charge is 0.410 e. The molecule has 0 aromatic heterocycles. The molecular formula is C13H14N2O5. The molecule has 2 N–H and O–H groups in total. The minimum absolute atomic E-state index is 0.0789. The molecule has 1 fully saturated rings. The highest BCUT2D eigenvalue weighted by Gasteiger charge is 2.32. The molecule has 1 atom stereocenters. The third kappa shape index (κ3) is 3.47. The lowest BCUT2D eigenvalue weighted by Gasteiger charge is -2.30. The second-order valence-electron chi connectivity index (χ2n) is 4.38. The van der Waals surface area contributed by atoms with E-state index in [1.54, 1.807) is 12.1 Å². The molecule has 0 spiro atoms. The third-order valence-corrected chi connectivity index (χ3v) is 2.83. The van der Waals surface area contributed by atoms with Gasteiger partial charge in [0.1, 0.15) is 19.2 Å². The number of hydrogen-bond acceptors (Lipinski definition) is 4. The number of carbonyl (C=O) groups is 3. The molecule has 0 saturated carbocycles. The van der Waals surface area contributed by atoms with Crippen molar-refractivity contribution in [2.45, 2.75) is 12.6 Å². The van der Waals surface area contributed by atoms with Gasteiger partial charge in [-0.05, 0) is 5.56 Å². The van der Waals surface area contributed by atoms with E-state index in [0.717, 1.165) is 10.5 Å². The number of benzene rings is 1. The molecule has 2 amide bonds. The summed E-state index contributed by atoms with van der Waals surface area (Å²) in [7, 11) is 0. The first kappa shape index (κ1) is 13.9. The van der Waals surface area contributed by atoms with Gasteiger partial charge in [-0.25, -0.2) is 9.59 Å². The maximum atomic E-state index is 11.8. The van der Waals surface area contributed by atoms with Crippen molar-refractivity contribution >= 4 is 18.0 Å². The molecule has 20 heavy (non-hydrogen) atoms. The van der Waals surface area contributed by atoms with Crippen molar-refractivity contribution in [3.8, 4) is 0 Å². The zero-order chi connectivity index (χ0) is 14.5. The summed E-state index contributed by atoms with van der Waals surface area (Å²) in [4.78, 5) is 35.1. The van der Waals surface area contributed by atoms with Crippen LogP contribution in [0.5, 0.6) is 0 Å². The van der Waals surface area contributed by atoms with Gasteiger partial charge in [-0.15, -0.1) is 0 Å². The summed E-state index contributed by atoms with van der Waals surface area (Å²) in [5.74, 6) is -1.70. The molecule has 1 aromatic rings. The van der Waals surface area contributed by atoms with E-state index in [9.17, 15) is 14.4 Å². The number of carboxylic acid groups (broad SMARTS) is 1. The Kier molecular flexibility index (Phi) is 4.19. The van der Waals surface area contributed by atoms with Crippen LogP contribution in [-0.2, 0) is 20.9 Å². The van der Waals surface area contributed by atoms with E-state index >= 15 is 0 Å². The Balaban J connectivity index is 1.91. The van der Waals surface area contributed by atoms with Gasteiger partial charge < -0.3 is 15.2 Å². The van der Waals surface area contributed by atoms with Crippen LogP contribution in [0, 0.1) is 0 Å². The van der Waals surface area contributed by atoms with Crippen LogP contribution in [-0.4, -0.2) is 47.1 Å². The normalized spacial score (nSPS) is 18.3. The standard InChI is InChI=1S/C13H14N2O5/c16-11-7-15(6-10(14-11)12(17)18)13(19)20-8-9-4-2-1-3-5-9/h1-5,10H,6-8H2,(H,14,16)(H,17,18)/t10-/m1/s1. The molecule has 0 radical (unpaired) electrons. The number of nitrogens with zero attached hydrogens (tertiary/aromatic N) is 1. The number of amides is 2. The first-order chi connectivity index (χ1) is 9.56. The number of ether oxygens (including phenoxy) is 1. The molecule has 2 rings (SSSR count). The van der Waals surface area contributed by atoms with Crippen LogP contribution in [0.4, 0.5) is 4.79 Å². The average molecular weight is 278 g/mol. The molecule has 1 saturated heterocycles. The molecule has 0 unspecified atom stereocenters. The predicted molar refractivity (Wildman–Crippen MR) is 67.8 cm³/mol. The van der Waals surface area contributed by atoms with Crippen molar-refractivity contribution in [2.24, 2.45) is 0 Å². The van der Waals surface area contributed by atoms with Gasteiger partial charge in [0.2, 0.25) is 5.91 Å². The molecule has 1 aliphatic rings. The van der Waals surface area contributed by atoms with Crippen molar-refractivity contribution in [3.05, 3.63) is 35.9 Å². The lowest BCUT2D eigenvalue weighted by Crippen LogP contribution is -2.58. The lowest BCUT2D eigenvalue weighted by molar-refractivity contribution is -0.144. The van der Waals surface area contributed by atoms with Crippen molar-refractivity contribution in [3.63, 3.8) is 0 Å². The number of aliphatic carboxylic acids is 1. The van der Waals surface area contributed by atoms with Crippen LogP contribution >= 0.6 is 0 Å². The van der Waals surface area contributed by atoms with Gasteiger partial charge in [-0.1, -0.05) is 30.3 Å². The van der Waals surface area contributed by atoms with Crippen LogP contribution in [0.25, 0.3) is 0 Å². The first-order valence-corrected chi connectivity index (χ1v) is 6.04. The topological polar surface area (TPSA) is 95.9 Å². The molecule has 1 heterocycles. The zero-order valence-electron chi connectivity index (χ0n) is 10.6. The molecule has 0 aliphatic carbocycles. The summed E-state index contributed by atoms with van der Waals surface area (Å²) in [6.45, 7) is -0.221. The Hall–Kier alpha value is -2.57. The van der Waals surface area contributed by atoms with Crippen molar-refractivity contribution in [2.75, 3.05) is 13.1 Å². The highest BCUT2D eigenvalue weighted by Crippen LogP contribution is 2.06. The third-order valence-electron chi connectivity index (χ3n) is 2.83. The van der Waals surface area contributed by atoms with E-state index in [2.05, 4.69) is 5.32 Å². The van der Waals surface area contributed by atoms with E-state index in [1.165, 1.54) is 0 Å². The first-order valence-electron chi connectivity index (χ1n) is 6.04. The summed E-state index contributed by atoms with van der Waals surface area (Å²) in [6.07, 6.45) is -0.699. The molecule has 0 bridgehead atoms. The zero-order valence-corrected chi connectivity index (χ0v) is 10.6. The number of rotatable bonds is 3. The van der Waals surface area contributed by atoms with Crippen LogP contribution < -0.4 is 5.32 Å².